The van der Waals surface area contributed by atoms with E-state index in [-0.39, 0.29) is 22.2 Å². The van der Waals surface area contributed by atoms with Crippen molar-refractivity contribution in [2.24, 2.45) is 23.7 Å². The molecule has 2 aliphatic heterocycles. The first-order valence-corrected chi connectivity index (χ1v) is 15.4. The molecule has 4 fully saturated rings. The maximum Gasteiger partial charge on any atom is 0.0575 e. The normalized spacial score (nSPS) is 40.5. The van der Waals surface area contributed by atoms with E-state index in [1.165, 1.54) is 64.2 Å². The molecule has 0 spiro atoms. The highest BCUT2D eigenvalue weighted by atomic mass is 16.5. The zero-order valence-electron chi connectivity index (χ0n) is 25.7. The van der Waals surface area contributed by atoms with Crippen LogP contribution < -0.4 is 0 Å². The van der Waals surface area contributed by atoms with Gasteiger partial charge in [0, 0.05) is 34.0 Å². The molecule has 0 aromatic carbocycles. The van der Waals surface area contributed by atoms with E-state index in [0.717, 1.165) is 25.0 Å². The van der Waals surface area contributed by atoms with Gasteiger partial charge in [0.05, 0.1) is 25.4 Å². The first-order valence-electron chi connectivity index (χ1n) is 15.4. The van der Waals surface area contributed by atoms with E-state index in [1.54, 1.807) is 0 Å². The number of hydrogen-bond donors (Lipinski definition) is 0. The molecule has 0 bridgehead atoms. The third-order valence-electron chi connectivity index (χ3n) is 12.2. The molecule has 0 aromatic heterocycles. The summed E-state index contributed by atoms with van der Waals surface area (Å²) in [7, 11) is 4.58. The molecule has 2 saturated heterocycles. The van der Waals surface area contributed by atoms with Gasteiger partial charge in [0.15, 0.2) is 0 Å². The maximum atomic E-state index is 6.57. The molecule has 2 heterocycles. The molecule has 4 heteroatoms. The molecule has 0 amide bonds. The van der Waals surface area contributed by atoms with Crippen LogP contribution in [0.1, 0.15) is 120 Å². The fourth-order valence-corrected chi connectivity index (χ4v) is 8.57. The van der Waals surface area contributed by atoms with Crippen molar-refractivity contribution in [1.29, 1.82) is 0 Å². The highest BCUT2D eigenvalue weighted by molar-refractivity contribution is 5.05. The second-order valence-electron chi connectivity index (χ2n) is 15.6. The predicted octanol–water partition coefficient (Wildman–Crippen LogP) is 7.16. The van der Waals surface area contributed by atoms with Crippen LogP contribution in [0.3, 0.4) is 0 Å². The number of likely N-dealkylation sites (tertiary alicyclic amines) is 2. The van der Waals surface area contributed by atoms with Gasteiger partial charge < -0.3 is 9.47 Å². The third kappa shape index (κ3) is 5.73. The Morgan fingerprint density at radius 3 is 1.08 bits per heavy atom. The number of nitrogens with zero attached hydrogens (tertiary/aromatic N) is 2. The Morgan fingerprint density at radius 2 is 0.833 bits per heavy atom. The van der Waals surface area contributed by atoms with Gasteiger partial charge in [-0.15, -0.1) is 0 Å². The summed E-state index contributed by atoms with van der Waals surface area (Å²) < 4.78 is 13.1. The van der Waals surface area contributed by atoms with E-state index in [2.05, 4.69) is 79.3 Å². The highest BCUT2D eigenvalue weighted by Gasteiger charge is 2.50. The molecule has 0 radical (unpaired) electrons. The molecule has 4 aliphatic rings. The molecule has 36 heavy (non-hydrogen) atoms. The summed E-state index contributed by atoms with van der Waals surface area (Å²) in [5, 5.41) is 0. The van der Waals surface area contributed by atoms with Crippen LogP contribution in [-0.4, -0.2) is 71.5 Å². The van der Waals surface area contributed by atoms with Gasteiger partial charge in [0.1, 0.15) is 0 Å². The largest absolute Gasteiger partial charge is 0.378 e. The molecule has 0 N–H and O–H groups in total. The minimum atomic E-state index is 0.223. The lowest BCUT2D eigenvalue weighted by Gasteiger charge is -2.40. The van der Waals surface area contributed by atoms with Gasteiger partial charge in [-0.2, -0.15) is 0 Å². The lowest BCUT2D eigenvalue weighted by molar-refractivity contribution is -0.0371. The summed E-state index contributed by atoms with van der Waals surface area (Å²) in [6.07, 6.45) is 14.0. The molecular formula is C32H60N2O2. The standard InChI is InChI=1S/C32H60N2O2/c1-29(2)19-25(31(5,6)33(29)9)21-35-27-15-11-23(12-16-27)24-13-17-28(18-14-24)36-22-26-20-30(3,4)34(10)32(26,7)8/h23-28H,11-22H2,1-10H3. The SMILES string of the molecule is CN1C(C)(C)CC(COC2CCC(C3CCC(OCC4CC(C)(C)N(C)C4(C)C)CC3)CC2)C1(C)C. The predicted molar refractivity (Wildman–Crippen MR) is 151 cm³/mol. The van der Waals surface area contributed by atoms with Crippen molar-refractivity contribution in [3.05, 3.63) is 0 Å². The molecule has 2 unspecified atom stereocenters. The van der Waals surface area contributed by atoms with Crippen LogP contribution in [0.4, 0.5) is 0 Å². The summed E-state index contributed by atoms with van der Waals surface area (Å²) in [4.78, 5) is 5.14. The topological polar surface area (TPSA) is 24.9 Å². The summed E-state index contributed by atoms with van der Waals surface area (Å²) in [6, 6.07) is 0. The van der Waals surface area contributed by atoms with Crippen LogP contribution in [0.15, 0.2) is 0 Å². The molecule has 2 saturated carbocycles. The smallest absolute Gasteiger partial charge is 0.0575 e. The lowest BCUT2D eigenvalue weighted by Crippen LogP contribution is -2.47. The van der Waals surface area contributed by atoms with Gasteiger partial charge in [0.25, 0.3) is 0 Å². The van der Waals surface area contributed by atoms with E-state index in [0.29, 0.717) is 24.0 Å². The Labute approximate surface area is 224 Å². The van der Waals surface area contributed by atoms with E-state index in [4.69, 9.17) is 9.47 Å². The van der Waals surface area contributed by atoms with Gasteiger partial charge in [-0.25, -0.2) is 0 Å². The van der Waals surface area contributed by atoms with Gasteiger partial charge in [-0.05, 0) is 146 Å². The summed E-state index contributed by atoms with van der Waals surface area (Å²) in [5.41, 5.74) is 0.998. The first kappa shape index (κ1) is 28.8. The minimum absolute atomic E-state index is 0.223. The second-order valence-corrected chi connectivity index (χ2v) is 15.6. The average molecular weight is 505 g/mol. The summed E-state index contributed by atoms with van der Waals surface area (Å²) >= 11 is 0. The Bertz CT molecular complexity index is 666. The Morgan fingerprint density at radius 1 is 0.528 bits per heavy atom. The van der Waals surface area contributed by atoms with E-state index in [1.807, 2.05) is 0 Å². The van der Waals surface area contributed by atoms with Crippen LogP contribution in [0.2, 0.25) is 0 Å². The maximum absolute atomic E-state index is 6.57. The number of ether oxygens (including phenoxy) is 2. The second kappa shape index (κ2) is 10.4. The van der Waals surface area contributed by atoms with Gasteiger partial charge in [-0.3, -0.25) is 9.80 Å². The summed E-state index contributed by atoms with van der Waals surface area (Å²) in [6.45, 7) is 21.0. The van der Waals surface area contributed by atoms with Crippen LogP contribution in [0.25, 0.3) is 0 Å². The zero-order chi connectivity index (χ0) is 26.5. The monoisotopic (exact) mass is 504 g/mol. The fraction of sp³-hybridized carbons (Fsp3) is 1.00. The van der Waals surface area contributed by atoms with Crippen molar-refractivity contribution in [3.8, 4) is 0 Å². The summed E-state index contributed by atoms with van der Waals surface area (Å²) in [5.74, 6) is 3.10. The first-order chi connectivity index (χ1) is 16.6. The van der Waals surface area contributed by atoms with Crippen LogP contribution in [-0.2, 0) is 9.47 Å². The lowest BCUT2D eigenvalue weighted by atomic mass is 9.72. The molecule has 2 atom stereocenters. The van der Waals surface area contributed by atoms with Crippen molar-refractivity contribution in [3.63, 3.8) is 0 Å². The highest BCUT2D eigenvalue weighted by Crippen LogP contribution is 2.46. The molecule has 4 nitrogen and oxygen atoms in total. The van der Waals surface area contributed by atoms with Gasteiger partial charge in [0.2, 0.25) is 0 Å². The van der Waals surface area contributed by atoms with E-state index in [9.17, 15) is 0 Å². The molecule has 210 valence electrons. The Balaban J connectivity index is 1.15. The Kier molecular flexibility index (Phi) is 8.36. The third-order valence-corrected chi connectivity index (χ3v) is 12.2. The van der Waals surface area contributed by atoms with Crippen molar-refractivity contribution in [1.82, 2.24) is 9.80 Å². The molecule has 0 aromatic rings. The molecular weight excluding hydrogens is 444 g/mol. The minimum Gasteiger partial charge on any atom is -0.378 e. The van der Waals surface area contributed by atoms with Crippen molar-refractivity contribution in [2.45, 2.75) is 154 Å². The molecule has 2 aliphatic carbocycles. The quantitative estimate of drug-likeness (QED) is 0.367. The number of hydrogen-bond acceptors (Lipinski definition) is 4. The van der Waals surface area contributed by atoms with E-state index >= 15 is 0 Å². The zero-order valence-corrected chi connectivity index (χ0v) is 25.7. The van der Waals surface area contributed by atoms with Crippen LogP contribution >= 0.6 is 0 Å². The van der Waals surface area contributed by atoms with E-state index < -0.39 is 0 Å². The Hall–Kier alpha value is -0.160. The van der Waals surface area contributed by atoms with Gasteiger partial charge in [-0.1, -0.05) is 0 Å². The van der Waals surface area contributed by atoms with Crippen LogP contribution in [0, 0.1) is 23.7 Å². The molecule has 4 rings (SSSR count). The van der Waals surface area contributed by atoms with Crippen molar-refractivity contribution >= 4 is 0 Å². The van der Waals surface area contributed by atoms with Crippen LogP contribution in [0.5, 0.6) is 0 Å². The van der Waals surface area contributed by atoms with Gasteiger partial charge >= 0.3 is 0 Å². The number of rotatable bonds is 7. The van der Waals surface area contributed by atoms with Crippen molar-refractivity contribution in [2.75, 3.05) is 27.3 Å². The van der Waals surface area contributed by atoms with Crippen molar-refractivity contribution < 1.29 is 9.47 Å². The average Bonchev–Trinajstić information content (AvgIpc) is 3.09. The fourth-order valence-electron chi connectivity index (χ4n) is 8.57.